The van der Waals surface area contributed by atoms with Crippen molar-refractivity contribution in [3.05, 3.63) is 35.9 Å². The fourth-order valence-electron chi connectivity index (χ4n) is 5.55. The second-order valence-electron chi connectivity index (χ2n) is 11.4. The van der Waals surface area contributed by atoms with Crippen LogP contribution in [0.5, 0.6) is 0 Å². The van der Waals surface area contributed by atoms with E-state index in [1.807, 2.05) is 44.2 Å². The number of aliphatic hydroxyl groups is 1. The Kier molecular flexibility index (Phi) is 10.5. The van der Waals surface area contributed by atoms with Crippen molar-refractivity contribution >= 4 is 17.9 Å². The summed E-state index contributed by atoms with van der Waals surface area (Å²) in [5.74, 6) is 0.665. The molecule has 37 heavy (non-hydrogen) atoms. The highest BCUT2D eigenvalue weighted by atomic mass is 16.6. The lowest BCUT2D eigenvalue weighted by molar-refractivity contribution is -0.134. The van der Waals surface area contributed by atoms with Crippen LogP contribution in [0, 0.1) is 23.7 Å². The van der Waals surface area contributed by atoms with Gasteiger partial charge in [0.05, 0.1) is 18.2 Å². The lowest BCUT2D eigenvalue weighted by Crippen LogP contribution is -2.44. The maximum Gasteiger partial charge on any atom is 0.416 e. The molecule has 5 atom stereocenters. The molecule has 2 N–H and O–H groups in total. The topological polar surface area (TPSA) is 105 Å². The first-order chi connectivity index (χ1) is 17.6. The molecular weight excluding hydrogens is 472 g/mol. The zero-order chi connectivity index (χ0) is 27.0. The normalized spacial score (nSPS) is 26.2. The summed E-state index contributed by atoms with van der Waals surface area (Å²) in [5, 5.41) is 11.5. The second kappa shape index (κ2) is 13.4. The van der Waals surface area contributed by atoms with E-state index in [0.29, 0.717) is 18.9 Å². The number of aliphatic hydroxyl groups excluding tert-OH is 1. The van der Waals surface area contributed by atoms with Gasteiger partial charge in [0.1, 0.15) is 6.61 Å². The van der Waals surface area contributed by atoms with Gasteiger partial charge in [-0.1, -0.05) is 44.2 Å². The summed E-state index contributed by atoms with van der Waals surface area (Å²) in [6.07, 6.45) is 4.32. The van der Waals surface area contributed by atoms with Crippen LogP contribution >= 0.6 is 0 Å². The Morgan fingerprint density at radius 3 is 2.49 bits per heavy atom. The molecule has 0 radical (unpaired) electrons. The molecule has 1 aromatic carbocycles. The standard InChI is InChI=1S/C21H29NO4.C8H15NO2/c1-4-17(10-16-12-21(2,3)26-13-16)19(23)22-18(14-25-20(22)24)11-15-8-6-5-7-9-15;1-6(5-10)4-7-2-3-9-8(7)11/h5-9,16-18H,4,10-14H2,1-3H3;6-7,10H,2-5H2,1H3,(H,9,11)/t16-,17+,18+;6-,7-/m10/s1. The van der Waals surface area contributed by atoms with Gasteiger partial charge in [-0.25, -0.2) is 9.69 Å². The number of cyclic esters (lactones) is 1. The number of nitrogens with one attached hydrogen (secondary N) is 1. The van der Waals surface area contributed by atoms with E-state index in [0.717, 1.165) is 44.2 Å². The third-order valence-electron chi connectivity index (χ3n) is 7.62. The Balaban J connectivity index is 0.000000289. The summed E-state index contributed by atoms with van der Waals surface area (Å²) in [4.78, 5) is 37.8. The van der Waals surface area contributed by atoms with E-state index in [1.54, 1.807) is 0 Å². The minimum Gasteiger partial charge on any atom is -0.447 e. The molecule has 8 nitrogen and oxygen atoms in total. The van der Waals surface area contributed by atoms with E-state index in [2.05, 4.69) is 19.2 Å². The number of nitrogens with zero attached hydrogens (tertiary/aromatic N) is 1. The second-order valence-corrected chi connectivity index (χ2v) is 11.4. The van der Waals surface area contributed by atoms with E-state index in [4.69, 9.17) is 14.6 Å². The smallest absolute Gasteiger partial charge is 0.416 e. The first kappa shape index (κ1) is 29.1. The Morgan fingerprint density at radius 1 is 1.19 bits per heavy atom. The van der Waals surface area contributed by atoms with Crippen LogP contribution in [0.3, 0.4) is 0 Å². The monoisotopic (exact) mass is 516 g/mol. The molecule has 1 aromatic rings. The lowest BCUT2D eigenvalue weighted by Gasteiger charge is -2.26. The number of rotatable bonds is 9. The number of hydrogen-bond acceptors (Lipinski definition) is 6. The van der Waals surface area contributed by atoms with E-state index < -0.39 is 6.09 Å². The van der Waals surface area contributed by atoms with E-state index in [-0.39, 0.29) is 54.4 Å². The van der Waals surface area contributed by atoms with Crippen molar-refractivity contribution in [2.45, 2.75) is 77.9 Å². The van der Waals surface area contributed by atoms with Crippen molar-refractivity contribution in [1.29, 1.82) is 0 Å². The first-order valence-corrected chi connectivity index (χ1v) is 13.7. The van der Waals surface area contributed by atoms with Gasteiger partial charge in [-0.15, -0.1) is 0 Å². The van der Waals surface area contributed by atoms with Crippen molar-refractivity contribution in [2.24, 2.45) is 23.7 Å². The molecule has 0 spiro atoms. The summed E-state index contributed by atoms with van der Waals surface area (Å²) >= 11 is 0. The van der Waals surface area contributed by atoms with Crippen molar-refractivity contribution in [1.82, 2.24) is 10.2 Å². The highest BCUT2D eigenvalue weighted by Gasteiger charge is 2.42. The summed E-state index contributed by atoms with van der Waals surface area (Å²) in [6.45, 7) is 10.1. The van der Waals surface area contributed by atoms with Gasteiger partial charge in [-0.3, -0.25) is 9.59 Å². The van der Waals surface area contributed by atoms with E-state index >= 15 is 0 Å². The molecule has 4 rings (SSSR count). The molecule has 8 heteroatoms. The van der Waals surface area contributed by atoms with Gasteiger partial charge in [-0.2, -0.15) is 0 Å². The van der Waals surface area contributed by atoms with Crippen LogP contribution < -0.4 is 5.32 Å². The van der Waals surface area contributed by atoms with Gasteiger partial charge < -0.3 is 19.9 Å². The molecular formula is C29H44N2O6. The minimum atomic E-state index is -0.502. The van der Waals surface area contributed by atoms with Gasteiger partial charge >= 0.3 is 6.09 Å². The van der Waals surface area contributed by atoms with Crippen molar-refractivity contribution in [3.8, 4) is 0 Å². The molecule has 206 valence electrons. The average Bonchev–Trinajstić information content (AvgIpc) is 3.56. The van der Waals surface area contributed by atoms with Gasteiger partial charge in [0.15, 0.2) is 0 Å². The molecule has 3 saturated heterocycles. The molecule has 0 aliphatic carbocycles. The van der Waals surface area contributed by atoms with Crippen LogP contribution in [0.25, 0.3) is 0 Å². The predicted molar refractivity (Wildman–Crippen MR) is 141 cm³/mol. The maximum absolute atomic E-state index is 13.1. The molecule has 0 bridgehead atoms. The number of carbonyl (C=O) groups excluding carboxylic acids is 3. The molecule has 0 saturated carbocycles. The SMILES string of the molecule is CC[C@@H](C[C@H]1COC(C)(C)C1)C(=O)N1C(=O)OC[C@@H]1Cc1ccccc1.C[C@H](CO)C[C@@H]1CCNC1=O. The number of amides is 3. The van der Waals surface area contributed by atoms with Crippen molar-refractivity contribution < 1.29 is 29.0 Å². The Hall–Kier alpha value is -2.45. The molecule has 3 aliphatic rings. The van der Waals surface area contributed by atoms with E-state index in [9.17, 15) is 14.4 Å². The van der Waals surface area contributed by atoms with Crippen LogP contribution in [0.1, 0.15) is 65.4 Å². The first-order valence-electron chi connectivity index (χ1n) is 13.7. The average molecular weight is 517 g/mol. The highest BCUT2D eigenvalue weighted by molar-refractivity contribution is 5.94. The highest BCUT2D eigenvalue weighted by Crippen LogP contribution is 2.35. The quantitative estimate of drug-likeness (QED) is 0.515. The fraction of sp³-hybridized carbons (Fsp3) is 0.690. The molecule has 0 unspecified atom stereocenters. The van der Waals surface area contributed by atoms with Gasteiger partial charge in [-0.05, 0) is 69.8 Å². The third-order valence-corrected chi connectivity index (χ3v) is 7.62. The Labute approximate surface area is 221 Å². The number of carbonyl (C=O) groups is 3. The largest absolute Gasteiger partial charge is 0.447 e. The van der Waals surface area contributed by atoms with Gasteiger partial charge in [0, 0.05) is 25.0 Å². The molecule has 3 fully saturated rings. The number of imide groups is 1. The number of ether oxygens (including phenoxy) is 2. The number of hydrogen-bond donors (Lipinski definition) is 2. The molecule has 3 heterocycles. The summed E-state index contributed by atoms with van der Waals surface area (Å²) < 4.78 is 11.0. The zero-order valence-corrected chi connectivity index (χ0v) is 22.8. The predicted octanol–water partition coefficient (Wildman–Crippen LogP) is 3.95. The van der Waals surface area contributed by atoms with Crippen LogP contribution in [0.15, 0.2) is 30.3 Å². The van der Waals surface area contributed by atoms with Crippen LogP contribution in [-0.2, 0) is 25.5 Å². The van der Waals surface area contributed by atoms with Gasteiger partial charge in [0.2, 0.25) is 11.8 Å². The number of benzene rings is 1. The van der Waals surface area contributed by atoms with Crippen molar-refractivity contribution in [2.75, 3.05) is 26.4 Å². The third kappa shape index (κ3) is 8.27. The summed E-state index contributed by atoms with van der Waals surface area (Å²) in [7, 11) is 0. The maximum atomic E-state index is 13.1. The van der Waals surface area contributed by atoms with Crippen LogP contribution in [0.4, 0.5) is 4.79 Å². The fourth-order valence-corrected chi connectivity index (χ4v) is 5.55. The Bertz CT molecular complexity index is 905. The molecule has 0 aromatic heterocycles. The molecule has 3 aliphatic heterocycles. The van der Waals surface area contributed by atoms with Gasteiger partial charge in [0.25, 0.3) is 0 Å². The zero-order valence-electron chi connectivity index (χ0n) is 22.8. The van der Waals surface area contributed by atoms with Crippen molar-refractivity contribution in [3.63, 3.8) is 0 Å². The lowest BCUT2D eigenvalue weighted by atomic mass is 9.87. The van der Waals surface area contributed by atoms with E-state index in [1.165, 1.54) is 4.90 Å². The Morgan fingerprint density at radius 2 is 1.92 bits per heavy atom. The summed E-state index contributed by atoms with van der Waals surface area (Å²) in [5.41, 5.74) is 0.988. The van der Waals surface area contributed by atoms with Crippen LogP contribution in [0.2, 0.25) is 0 Å². The molecule has 3 amide bonds. The summed E-state index contributed by atoms with van der Waals surface area (Å²) in [6, 6.07) is 9.70. The minimum absolute atomic E-state index is 0.0966. The van der Waals surface area contributed by atoms with Crippen LogP contribution in [-0.4, -0.2) is 65.9 Å².